The van der Waals surface area contributed by atoms with Crippen LogP contribution in [0.1, 0.15) is 47.5 Å². The number of hydrogen-bond acceptors (Lipinski definition) is 11. The van der Waals surface area contributed by atoms with Crippen LogP contribution in [0.25, 0.3) is 10.7 Å². The summed E-state index contributed by atoms with van der Waals surface area (Å²) < 4.78 is 88.2. The summed E-state index contributed by atoms with van der Waals surface area (Å²) >= 11 is 0.951. The number of thiophene rings is 1. The van der Waals surface area contributed by atoms with Crippen LogP contribution < -0.4 is 4.90 Å². The molecule has 0 aliphatic heterocycles. The van der Waals surface area contributed by atoms with Gasteiger partial charge < -0.3 is 14.2 Å². The number of carbonyl (C=O) groups is 1. The number of aromatic nitrogens is 6. The standard InChI is InChI=1S/C22H17F6N7O3S/c1-20(2,3)37-18(36)11-6-15(32-29-8-11)35(16-7-12(9-30-33-16)21(23,24)25)10-13-4-5-14(39-13)17-31-19(38-34-17)22(26,27)28/h4-9H,10H2,1-3H3. The molecule has 4 rings (SSSR count). The number of nitrogens with zero attached hydrogens (tertiary/aromatic N) is 7. The lowest BCUT2D eigenvalue weighted by Crippen LogP contribution is -2.25. The second-order valence-electron chi connectivity index (χ2n) is 8.88. The number of rotatable bonds is 6. The van der Waals surface area contributed by atoms with Gasteiger partial charge in [-0.1, -0.05) is 5.16 Å². The largest absolute Gasteiger partial charge is 0.471 e. The molecular weight excluding hydrogens is 556 g/mol. The number of hydrogen-bond donors (Lipinski definition) is 0. The van der Waals surface area contributed by atoms with Crippen LogP contribution in [0.3, 0.4) is 0 Å². The quantitative estimate of drug-likeness (QED) is 0.210. The molecule has 0 unspecified atom stereocenters. The minimum absolute atomic E-state index is 0.0294. The zero-order chi connectivity index (χ0) is 28.6. The highest BCUT2D eigenvalue weighted by Gasteiger charge is 2.38. The van der Waals surface area contributed by atoms with Crippen LogP contribution >= 0.6 is 11.3 Å². The van der Waals surface area contributed by atoms with Crippen molar-refractivity contribution in [3.8, 4) is 10.7 Å². The fourth-order valence-corrected chi connectivity index (χ4v) is 3.96. The maximum absolute atomic E-state index is 13.4. The van der Waals surface area contributed by atoms with Crippen molar-refractivity contribution in [1.82, 2.24) is 30.5 Å². The van der Waals surface area contributed by atoms with Gasteiger partial charge in [0, 0.05) is 4.88 Å². The maximum atomic E-state index is 13.4. The molecule has 0 radical (unpaired) electrons. The fourth-order valence-electron chi connectivity index (χ4n) is 3.04. The summed E-state index contributed by atoms with van der Waals surface area (Å²) in [5, 5.41) is 18.3. The maximum Gasteiger partial charge on any atom is 0.471 e. The highest BCUT2D eigenvalue weighted by molar-refractivity contribution is 7.15. The molecule has 4 aromatic rings. The van der Waals surface area contributed by atoms with Gasteiger partial charge in [-0.2, -0.15) is 41.5 Å². The van der Waals surface area contributed by atoms with Gasteiger partial charge in [-0.15, -0.1) is 21.5 Å². The third kappa shape index (κ3) is 6.84. The highest BCUT2D eigenvalue weighted by Crippen LogP contribution is 2.35. The van der Waals surface area contributed by atoms with Crippen molar-refractivity contribution in [2.75, 3.05) is 4.90 Å². The zero-order valence-electron chi connectivity index (χ0n) is 20.2. The number of alkyl halides is 6. The van der Waals surface area contributed by atoms with Crippen LogP contribution in [0.4, 0.5) is 38.0 Å². The zero-order valence-corrected chi connectivity index (χ0v) is 21.0. The van der Waals surface area contributed by atoms with Crippen LogP contribution in [0.5, 0.6) is 0 Å². The SMILES string of the molecule is CC(C)(C)OC(=O)c1cnnc(N(Cc2ccc(-c3noc(C(F)(F)F)n3)s2)c2cc(C(F)(F)F)cnn2)c1. The van der Waals surface area contributed by atoms with E-state index in [1.54, 1.807) is 20.8 Å². The van der Waals surface area contributed by atoms with Crippen LogP contribution in [0.15, 0.2) is 41.2 Å². The first kappa shape index (κ1) is 27.9. The van der Waals surface area contributed by atoms with Gasteiger partial charge in [0.05, 0.1) is 34.9 Å². The summed E-state index contributed by atoms with van der Waals surface area (Å²) in [5.41, 5.74) is -1.95. The molecule has 0 spiro atoms. The molecule has 0 aliphatic rings. The normalized spacial score (nSPS) is 12.4. The predicted molar refractivity (Wildman–Crippen MR) is 123 cm³/mol. The minimum Gasteiger partial charge on any atom is -0.456 e. The molecule has 17 heteroatoms. The molecule has 10 nitrogen and oxygen atoms in total. The molecule has 0 fully saturated rings. The van der Waals surface area contributed by atoms with Crippen LogP contribution in [-0.4, -0.2) is 42.1 Å². The molecular formula is C22H17F6N7O3S. The van der Waals surface area contributed by atoms with E-state index >= 15 is 0 Å². The third-order valence-corrected chi connectivity index (χ3v) is 5.73. The first-order valence-corrected chi connectivity index (χ1v) is 11.7. The summed E-state index contributed by atoms with van der Waals surface area (Å²) in [6, 6.07) is 4.91. The lowest BCUT2D eigenvalue weighted by Gasteiger charge is -2.23. The summed E-state index contributed by atoms with van der Waals surface area (Å²) in [4.78, 5) is 17.7. The van der Waals surface area contributed by atoms with E-state index in [4.69, 9.17) is 4.74 Å². The van der Waals surface area contributed by atoms with Gasteiger partial charge >= 0.3 is 24.2 Å². The van der Waals surface area contributed by atoms with Gasteiger partial charge in [-0.3, -0.25) is 0 Å². The fraction of sp³-hybridized carbons (Fsp3) is 0.318. The van der Waals surface area contributed by atoms with Crippen molar-refractivity contribution < 1.29 is 40.4 Å². The third-order valence-electron chi connectivity index (χ3n) is 4.66. The number of ether oxygens (including phenoxy) is 1. The molecule has 0 atom stereocenters. The lowest BCUT2D eigenvalue weighted by atomic mass is 10.2. The van der Waals surface area contributed by atoms with Gasteiger partial charge in [-0.05, 0) is 45.0 Å². The second kappa shape index (κ2) is 10.2. The Morgan fingerprint density at radius 1 is 0.974 bits per heavy atom. The smallest absolute Gasteiger partial charge is 0.456 e. The van der Waals surface area contributed by atoms with Crippen molar-refractivity contribution in [3.05, 3.63) is 58.6 Å². The Morgan fingerprint density at radius 2 is 1.64 bits per heavy atom. The highest BCUT2D eigenvalue weighted by atomic mass is 32.1. The Bertz CT molecular complexity index is 1480. The minimum atomic E-state index is -4.83. The van der Waals surface area contributed by atoms with Gasteiger partial charge in [0.25, 0.3) is 0 Å². The topological polar surface area (TPSA) is 120 Å². The number of carbonyl (C=O) groups excluding carboxylic acids is 1. The van der Waals surface area contributed by atoms with Crippen LogP contribution in [0, 0.1) is 0 Å². The molecule has 4 heterocycles. The van der Waals surface area contributed by atoms with Crippen molar-refractivity contribution in [1.29, 1.82) is 0 Å². The van der Waals surface area contributed by atoms with E-state index in [0.29, 0.717) is 11.1 Å². The van der Waals surface area contributed by atoms with Crippen LogP contribution in [0.2, 0.25) is 0 Å². The van der Waals surface area contributed by atoms with E-state index in [2.05, 4.69) is 35.1 Å². The number of esters is 1. The molecule has 0 aromatic carbocycles. The average Bonchev–Trinajstić information content (AvgIpc) is 3.51. The molecule has 206 valence electrons. The molecule has 4 aromatic heterocycles. The summed E-state index contributed by atoms with van der Waals surface area (Å²) in [5.74, 6) is -2.95. The second-order valence-corrected chi connectivity index (χ2v) is 10.0. The Kier molecular flexibility index (Phi) is 7.29. The monoisotopic (exact) mass is 573 g/mol. The van der Waals surface area contributed by atoms with Gasteiger partial charge in [0.2, 0.25) is 5.82 Å². The Morgan fingerprint density at radius 3 is 2.26 bits per heavy atom. The lowest BCUT2D eigenvalue weighted by molar-refractivity contribution is -0.159. The Labute approximate surface area is 219 Å². The summed E-state index contributed by atoms with van der Waals surface area (Å²) in [6.45, 7) is 4.78. The number of halogens is 6. The van der Waals surface area contributed by atoms with E-state index in [-0.39, 0.29) is 34.4 Å². The molecule has 0 saturated carbocycles. The van der Waals surface area contributed by atoms with Crippen molar-refractivity contribution in [3.63, 3.8) is 0 Å². The number of anilines is 2. The van der Waals surface area contributed by atoms with E-state index in [1.807, 2.05) is 0 Å². The van der Waals surface area contributed by atoms with Crippen molar-refractivity contribution >= 4 is 28.9 Å². The van der Waals surface area contributed by atoms with E-state index < -0.39 is 35.4 Å². The Balaban J connectivity index is 1.71. The molecule has 0 saturated heterocycles. The van der Waals surface area contributed by atoms with Gasteiger partial charge in [-0.25, -0.2) is 4.79 Å². The summed E-state index contributed by atoms with van der Waals surface area (Å²) in [6.07, 6.45) is -7.89. The van der Waals surface area contributed by atoms with Crippen molar-refractivity contribution in [2.45, 2.75) is 45.3 Å². The average molecular weight is 573 g/mol. The first-order valence-electron chi connectivity index (χ1n) is 10.8. The van der Waals surface area contributed by atoms with Crippen LogP contribution in [-0.2, 0) is 23.6 Å². The Hall–Kier alpha value is -4.15. The molecule has 0 aliphatic carbocycles. The van der Waals surface area contributed by atoms with Gasteiger partial charge in [0.1, 0.15) is 5.60 Å². The molecule has 0 N–H and O–H groups in total. The predicted octanol–water partition coefficient (Wildman–Crippen LogP) is 5.71. The first-order chi connectivity index (χ1) is 18.1. The van der Waals surface area contributed by atoms with Gasteiger partial charge in [0.15, 0.2) is 11.6 Å². The summed E-state index contributed by atoms with van der Waals surface area (Å²) in [7, 11) is 0. The molecule has 39 heavy (non-hydrogen) atoms. The van der Waals surface area contributed by atoms with Crippen molar-refractivity contribution in [2.24, 2.45) is 0 Å². The van der Waals surface area contributed by atoms with E-state index in [1.165, 1.54) is 23.1 Å². The van der Waals surface area contributed by atoms with E-state index in [9.17, 15) is 31.1 Å². The van der Waals surface area contributed by atoms with E-state index in [0.717, 1.165) is 23.6 Å². The molecule has 0 bridgehead atoms. The molecule has 0 amide bonds.